The average molecular weight is 470 g/mol. The molecule has 0 radical (unpaired) electrons. The van der Waals surface area contributed by atoms with Gasteiger partial charge in [0.1, 0.15) is 5.58 Å². The van der Waals surface area contributed by atoms with Gasteiger partial charge < -0.3 is 20.2 Å². The molecule has 0 unspecified atom stereocenters. The minimum absolute atomic E-state index is 0.112. The number of aromatic nitrogens is 3. The summed E-state index contributed by atoms with van der Waals surface area (Å²) in [6.45, 7) is 2.72. The Bertz CT molecular complexity index is 1360. The van der Waals surface area contributed by atoms with Gasteiger partial charge in [-0.25, -0.2) is 9.97 Å². The van der Waals surface area contributed by atoms with Crippen molar-refractivity contribution in [1.82, 2.24) is 15.0 Å². The molecule has 0 fully saturated rings. The van der Waals surface area contributed by atoms with Crippen LogP contribution in [-0.2, 0) is 12.2 Å². The third-order valence-electron chi connectivity index (χ3n) is 5.23. The smallest absolute Gasteiger partial charge is 0.286 e. The molecule has 4 aromatic rings. The quantitative estimate of drug-likeness (QED) is 0.382. The molecule has 1 aliphatic heterocycles. The van der Waals surface area contributed by atoms with Gasteiger partial charge in [0.15, 0.2) is 0 Å². The number of pyridine rings is 1. The van der Waals surface area contributed by atoms with Crippen molar-refractivity contribution in [2.45, 2.75) is 25.5 Å². The molecule has 0 aliphatic carbocycles. The Labute approximate surface area is 192 Å². The lowest BCUT2D eigenvalue weighted by atomic mass is 10.1. The summed E-state index contributed by atoms with van der Waals surface area (Å²) >= 11 is 7.92. The Hall–Kier alpha value is -3.04. The van der Waals surface area contributed by atoms with Crippen molar-refractivity contribution in [2.75, 3.05) is 17.6 Å². The molecule has 5 rings (SSSR count). The second kappa shape index (κ2) is 8.48. The van der Waals surface area contributed by atoms with Gasteiger partial charge in [-0.1, -0.05) is 6.92 Å². The molecule has 1 aromatic carbocycles. The number of benzene rings is 1. The fourth-order valence-electron chi connectivity index (χ4n) is 3.79. The molecule has 8 nitrogen and oxygen atoms in total. The standard InChI is InChI=1S/C22H20ClN5O3S/c1-2-8-25-18-17-11-3-6-16(26-13(11)4-5-15(17)30-19(18)20(24)29)31-21-12-10-32-9-7-14(12)27-22(23)28-21/h3-6,25H,2,7-10H2,1H3,(H2,24,29). The van der Waals surface area contributed by atoms with Gasteiger partial charge in [0.05, 0.1) is 22.3 Å². The van der Waals surface area contributed by atoms with Gasteiger partial charge in [0.2, 0.25) is 22.8 Å². The van der Waals surface area contributed by atoms with Crippen LogP contribution >= 0.6 is 23.4 Å². The van der Waals surface area contributed by atoms with E-state index in [-0.39, 0.29) is 11.0 Å². The fourth-order valence-corrected chi connectivity index (χ4v) is 4.94. The van der Waals surface area contributed by atoms with Gasteiger partial charge in [0.25, 0.3) is 5.91 Å². The van der Waals surface area contributed by atoms with E-state index in [2.05, 4.69) is 20.3 Å². The number of aryl methyl sites for hydroxylation is 1. The summed E-state index contributed by atoms with van der Waals surface area (Å²) in [5, 5.41) is 5.02. The van der Waals surface area contributed by atoms with Gasteiger partial charge in [-0.15, -0.1) is 0 Å². The molecular weight excluding hydrogens is 450 g/mol. The van der Waals surface area contributed by atoms with Crippen LogP contribution in [-0.4, -0.2) is 33.2 Å². The van der Waals surface area contributed by atoms with Crippen molar-refractivity contribution in [3.63, 3.8) is 0 Å². The first-order chi connectivity index (χ1) is 15.5. The number of carbonyl (C=O) groups is 1. The largest absolute Gasteiger partial charge is 0.449 e. The summed E-state index contributed by atoms with van der Waals surface area (Å²) in [5.41, 5.74) is 9.26. The Balaban J connectivity index is 1.59. The lowest BCUT2D eigenvalue weighted by Crippen LogP contribution is -2.13. The molecule has 4 heterocycles. The van der Waals surface area contributed by atoms with Crippen molar-refractivity contribution < 1.29 is 13.9 Å². The SMILES string of the molecule is CCCNc1c(C(N)=O)oc2ccc3nc(Oc4nc(Cl)nc5c4CSCC5)ccc3c12. The zero-order chi connectivity index (χ0) is 22.2. The van der Waals surface area contributed by atoms with Crippen molar-refractivity contribution in [2.24, 2.45) is 5.73 Å². The van der Waals surface area contributed by atoms with Crippen LogP contribution < -0.4 is 15.8 Å². The Morgan fingerprint density at radius 1 is 1.28 bits per heavy atom. The molecule has 0 bridgehead atoms. The van der Waals surface area contributed by atoms with Crippen LogP contribution in [0.2, 0.25) is 5.28 Å². The summed E-state index contributed by atoms with van der Waals surface area (Å²) in [4.78, 5) is 25.2. The van der Waals surface area contributed by atoms with Crippen LogP contribution in [0.15, 0.2) is 28.7 Å². The number of nitrogens with zero attached hydrogens (tertiary/aromatic N) is 3. The molecule has 0 spiro atoms. The molecule has 1 aliphatic rings. The molecule has 32 heavy (non-hydrogen) atoms. The van der Waals surface area contributed by atoms with E-state index < -0.39 is 5.91 Å². The number of primary amides is 1. The first-order valence-corrected chi connectivity index (χ1v) is 11.8. The number of halogens is 1. The number of hydrogen-bond donors (Lipinski definition) is 2. The summed E-state index contributed by atoms with van der Waals surface area (Å²) < 4.78 is 11.8. The van der Waals surface area contributed by atoms with Gasteiger partial charge in [-0.2, -0.15) is 16.7 Å². The minimum Gasteiger partial charge on any atom is -0.449 e. The lowest BCUT2D eigenvalue weighted by Gasteiger charge is -2.17. The monoisotopic (exact) mass is 469 g/mol. The maximum absolute atomic E-state index is 11.9. The van der Waals surface area contributed by atoms with Crippen LogP contribution in [0.1, 0.15) is 35.2 Å². The predicted octanol–water partition coefficient (Wildman–Crippen LogP) is 4.93. The second-order valence-corrected chi connectivity index (χ2v) is 8.82. The normalized spacial score (nSPS) is 13.3. The highest BCUT2D eigenvalue weighted by Gasteiger charge is 2.22. The van der Waals surface area contributed by atoms with Crippen LogP contribution in [0, 0.1) is 0 Å². The summed E-state index contributed by atoms with van der Waals surface area (Å²) in [6.07, 6.45) is 1.72. The van der Waals surface area contributed by atoms with Crippen LogP contribution in [0.25, 0.3) is 21.9 Å². The number of fused-ring (bicyclic) bond motifs is 4. The molecule has 0 saturated heterocycles. The number of ether oxygens (including phenoxy) is 1. The van der Waals surface area contributed by atoms with Gasteiger partial charge >= 0.3 is 0 Å². The first-order valence-electron chi connectivity index (χ1n) is 10.3. The van der Waals surface area contributed by atoms with Gasteiger partial charge in [-0.05, 0) is 48.4 Å². The van der Waals surface area contributed by atoms with E-state index in [0.717, 1.165) is 46.4 Å². The first kappa shape index (κ1) is 20.8. The zero-order valence-corrected chi connectivity index (χ0v) is 18.8. The zero-order valence-electron chi connectivity index (χ0n) is 17.3. The number of hydrogen-bond acceptors (Lipinski definition) is 8. The van der Waals surface area contributed by atoms with Crippen molar-refractivity contribution >= 4 is 56.8 Å². The third-order valence-corrected chi connectivity index (χ3v) is 6.39. The van der Waals surface area contributed by atoms with E-state index in [1.807, 2.05) is 19.1 Å². The number of nitrogens with one attached hydrogen (secondary N) is 1. The van der Waals surface area contributed by atoms with Crippen molar-refractivity contribution in [3.05, 3.63) is 46.6 Å². The fraction of sp³-hybridized carbons (Fsp3) is 0.273. The number of furan rings is 1. The number of carbonyl (C=O) groups excluding carboxylic acids is 1. The van der Waals surface area contributed by atoms with E-state index in [9.17, 15) is 4.79 Å². The molecule has 0 atom stereocenters. The number of thioether (sulfide) groups is 1. The molecule has 10 heteroatoms. The highest BCUT2D eigenvalue weighted by Crippen LogP contribution is 2.38. The Morgan fingerprint density at radius 3 is 2.97 bits per heavy atom. The average Bonchev–Trinajstić information content (AvgIpc) is 3.16. The Kier molecular flexibility index (Phi) is 5.52. The predicted molar refractivity (Wildman–Crippen MR) is 126 cm³/mol. The van der Waals surface area contributed by atoms with E-state index in [4.69, 9.17) is 26.5 Å². The molecule has 3 aromatic heterocycles. The number of rotatable bonds is 6. The number of amides is 1. The van der Waals surface area contributed by atoms with E-state index in [1.165, 1.54) is 0 Å². The highest BCUT2D eigenvalue weighted by molar-refractivity contribution is 7.98. The molecular formula is C22H20ClN5O3S. The second-order valence-electron chi connectivity index (χ2n) is 7.38. The molecule has 164 valence electrons. The van der Waals surface area contributed by atoms with Crippen molar-refractivity contribution in [1.29, 1.82) is 0 Å². The van der Waals surface area contributed by atoms with E-state index in [1.54, 1.807) is 23.9 Å². The summed E-state index contributed by atoms with van der Waals surface area (Å²) in [6, 6.07) is 7.25. The molecule has 3 N–H and O–H groups in total. The Morgan fingerprint density at radius 2 is 2.16 bits per heavy atom. The van der Waals surface area contributed by atoms with Gasteiger partial charge in [-0.3, -0.25) is 4.79 Å². The number of nitrogens with two attached hydrogens (primary N) is 1. The maximum Gasteiger partial charge on any atom is 0.286 e. The summed E-state index contributed by atoms with van der Waals surface area (Å²) in [5.74, 6) is 2.09. The van der Waals surface area contributed by atoms with Gasteiger partial charge in [0, 0.05) is 29.3 Å². The van der Waals surface area contributed by atoms with E-state index in [0.29, 0.717) is 35.1 Å². The van der Waals surface area contributed by atoms with Crippen LogP contribution in [0.4, 0.5) is 5.69 Å². The lowest BCUT2D eigenvalue weighted by molar-refractivity contribution is 0.0977. The molecule has 1 amide bonds. The third kappa shape index (κ3) is 3.71. The van der Waals surface area contributed by atoms with Crippen LogP contribution in [0.3, 0.4) is 0 Å². The molecule has 0 saturated carbocycles. The van der Waals surface area contributed by atoms with E-state index >= 15 is 0 Å². The van der Waals surface area contributed by atoms with Crippen molar-refractivity contribution in [3.8, 4) is 11.8 Å². The summed E-state index contributed by atoms with van der Waals surface area (Å²) in [7, 11) is 0. The van der Waals surface area contributed by atoms with Crippen LogP contribution in [0.5, 0.6) is 11.8 Å². The maximum atomic E-state index is 11.9. The number of anilines is 1. The highest BCUT2D eigenvalue weighted by atomic mass is 35.5. The minimum atomic E-state index is -0.621. The topological polar surface area (TPSA) is 116 Å².